The molecular weight excluding hydrogens is 200 g/mol. The Hall–Kier alpha value is -1.15. The summed E-state index contributed by atoms with van der Waals surface area (Å²) in [6.45, 7) is 4.91. The van der Waals surface area contributed by atoms with Gasteiger partial charge >= 0.3 is 0 Å². The van der Waals surface area contributed by atoms with E-state index < -0.39 is 0 Å². The Morgan fingerprint density at radius 2 is 2.06 bits per heavy atom. The van der Waals surface area contributed by atoms with E-state index >= 15 is 0 Å². The van der Waals surface area contributed by atoms with Crippen molar-refractivity contribution in [3.8, 4) is 0 Å². The summed E-state index contributed by atoms with van der Waals surface area (Å²) in [6, 6.07) is 8.27. The van der Waals surface area contributed by atoms with Gasteiger partial charge < -0.3 is 4.74 Å². The van der Waals surface area contributed by atoms with Gasteiger partial charge in [-0.3, -0.25) is 4.79 Å². The molecule has 0 bridgehead atoms. The van der Waals surface area contributed by atoms with Crippen LogP contribution >= 0.6 is 0 Å². The zero-order valence-electron chi connectivity index (χ0n) is 9.90. The van der Waals surface area contributed by atoms with Crippen molar-refractivity contribution in [2.45, 2.75) is 38.7 Å². The molecule has 0 aromatic heterocycles. The third kappa shape index (κ3) is 2.33. The summed E-state index contributed by atoms with van der Waals surface area (Å²) < 4.78 is 5.70. The van der Waals surface area contributed by atoms with E-state index in [1.54, 1.807) is 0 Å². The first-order valence-electron chi connectivity index (χ1n) is 5.90. The molecule has 1 aliphatic heterocycles. The van der Waals surface area contributed by atoms with Crippen LogP contribution in [0.4, 0.5) is 0 Å². The summed E-state index contributed by atoms with van der Waals surface area (Å²) in [5.74, 6) is 0.784. The topological polar surface area (TPSA) is 26.3 Å². The molecule has 1 saturated heterocycles. The van der Waals surface area contributed by atoms with Gasteiger partial charge in [-0.15, -0.1) is 0 Å². The minimum Gasteiger partial charge on any atom is -0.373 e. The van der Waals surface area contributed by atoms with E-state index in [-0.39, 0.29) is 6.10 Å². The molecule has 0 aliphatic carbocycles. The zero-order chi connectivity index (χ0) is 11.5. The molecule has 1 atom stereocenters. The Morgan fingerprint density at radius 3 is 2.75 bits per heavy atom. The second kappa shape index (κ2) is 4.79. The summed E-state index contributed by atoms with van der Waals surface area (Å²) in [7, 11) is 0. The maximum absolute atomic E-state index is 11.4. The van der Waals surface area contributed by atoms with Gasteiger partial charge in [0.15, 0.2) is 0 Å². The molecule has 1 aromatic rings. The van der Waals surface area contributed by atoms with E-state index in [0.29, 0.717) is 31.1 Å². The lowest BCUT2D eigenvalue weighted by molar-refractivity contribution is -0.128. The summed E-state index contributed by atoms with van der Waals surface area (Å²) in [4.78, 5) is 11.4. The second-order valence-electron chi connectivity index (χ2n) is 4.64. The van der Waals surface area contributed by atoms with Gasteiger partial charge in [-0.25, -0.2) is 0 Å². The zero-order valence-corrected chi connectivity index (χ0v) is 9.90. The highest BCUT2D eigenvalue weighted by molar-refractivity contribution is 5.79. The minimum atomic E-state index is -0.0279. The lowest BCUT2D eigenvalue weighted by Gasteiger charge is -2.25. The molecule has 0 saturated carbocycles. The van der Waals surface area contributed by atoms with E-state index in [4.69, 9.17) is 4.74 Å². The van der Waals surface area contributed by atoms with Crippen LogP contribution in [0.25, 0.3) is 0 Å². The van der Waals surface area contributed by atoms with Gasteiger partial charge in [-0.05, 0) is 17.0 Å². The number of hydrogen-bond donors (Lipinski definition) is 0. The van der Waals surface area contributed by atoms with Gasteiger partial charge in [-0.1, -0.05) is 38.1 Å². The van der Waals surface area contributed by atoms with Crippen LogP contribution in [0.1, 0.15) is 49.8 Å². The Kier molecular flexibility index (Phi) is 3.39. The first-order chi connectivity index (χ1) is 7.68. The van der Waals surface area contributed by atoms with Crippen molar-refractivity contribution in [2.75, 3.05) is 6.61 Å². The minimum absolute atomic E-state index is 0.0279. The van der Waals surface area contributed by atoms with Gasteiger partial charge in [-0.2, -0.15) is 0 Å². The molecule has 1 heterocycles. The Balaban J connectivity index is 2.28. The summed E-state index contributed by atoms with van der Waals surface area (Å²) in [5.41, 5.74) is 2.48. The van der Waals surface area contributed by atoms with Crippen LogP contribution in [-0.4, -0.2) is 12.4 Å². The van der Waals surface area contributed by atoms with E-state index in [9.17, 15) is 4.79 Å². The molecule has 0 spiro atoms. The number of Topliss-reactive ketones (excluding diaryl/α,β-unsaturated/α-hetero) is 1. The van der Waals surface area contributed by atoms with Crippen LogP contribution in [0.5, 0.6) is 0 Å². The van der Waals surface area contributed by atoms with Crippen LogP contribution < -0.4 is 0 Å². The van der Waals surface area contributed by atoms with Crippen LogP contribution in [0, 0.1) is 0 Å². The third-order valence-corrected chi connectivity index (χ3v) is 3.08. The second-order valence-corrected chi connectivity index (χ2v) is 4.64. The predicted octanol–water partition coefficient (Wildman–Crippen LogP) is 3.23. The number of rotatable bonds is 2. The molecule has 2 heteroatoms. The quantitative estimate of drug-likeness (QED) is 0.761. The van der Waals surface area contributed by atoms with Gasteiger partial charge in [0.05, 0.1) is 12.7 Å². The van der Waals surface area contributed by atoms with Crippen molar-refractivity contribution in [3.05, 3.63) is 35.4 Å². The van der Waals surface area contributed by atoms with Crippen LogP contribution in [-0.2, 0) is 9.53 Å². The lowest BCUT2D eigenvalue weighted by Crippen LogP contribution is -2.20. The SMILES string of the molecule is CC(C)c1ccccc1C1CC(=O)CCO1. The summed E-state index contributed by atoms with van der Waals surface area (Å²) in [6.07, 6.45) is 1.07. The smallest absolute Gasteiger partial charge is 0.138 e. The Bertz CT molecular complexity index is 382. The third-order valence-electron chi connectivity index (χ3n) is 3.08. The van der Waals surface area contributed by atoms with Gasteiger partial charge in [0, 0.05) is 12.8 Å². The molecule has 2 rings (SSSR count). The van der Waals surface area contributed by atoms with E-state index in [1.165, 1.54) is 11.1 Å². The van der Waals surface area contributed by atoms with E-state index in [1.807, 2.05) is 12.1 Å². The molecule has 1 aliphatic rings. The monoisotopic (exact) mass is 218 g/mol. The van der Waals surface area contributed by atoms with E-state index in [0.717, 1.165) is 0 Å². The Labute approximate surface area is 96.6 Å². The first-order valence-corrected chi connectivity index (χ1v) is 5.90. The number of benzene rings is 1. The fourth-order valence-corrected chi connectivity index (χ4v) is 2.21. The summed E-state index contributed by atoms with van der Waals surface area (Å²) in [5, 5.41) is 0. The van der Waals surface area contributed by atoms with Crippen LogP contribution in [0.15, 0.2) is 24.3 Å². The molecular formula is C14H18O2. The molecule has 0 amide bonds. The number of ether oxygens (including phenoxy) is 1. The normalized spacial score (nSPS) is 21.4. The number of ketones is 1. The standard InChI is InChI=1S/C14H18O2/c1-10(2)12-5-3-4-6-13(12)14-9-11(15)7-8-16-14/h3-6,10,14H,7-9H2,1-2H3. The molecule has 1 unspecified atom stereocenters. The van der Waals surface area contributed by atoms with E-state index in [2.05, 4.69) is 26.0 Å². The first kappa shape index (κ1) is 11.3. The van der Waals surface area contributed by atoms with Gasteiger partial charge in [0.1, 0.15) is 5.78 Å². The number of hydrogen-bond acceptors (Lipinski definition) is 2. The molecule has 0 radical (unpaired) electrons. The average Bonchev–Trinajstić information content (AvgIpc) is 2.29. The van der Waals surface area contributed by atoms with Crippen LogP contribution in [0.2, 0.25) is 0 Å². The van der Waals surface area contributed by atoms with Gasteiger partial charge in [0.25, 0.3) is 0 Å². The van der Waals surface area contributed by atoms with Crippen molar-refractivity contribution >= 4 is 5.78 Å². The van der Waals surface area contributed by atoms with Crippen LogP contribution in [0.3, 0.4) is 0 Å². The molecule has 86 valence electrons. The number of carbonyl (C=O) groups excluding carboxylic acids is 1. The molecule has 16 heavy (non-hydrogen) atoms. The molecule has 0 N–H and O–H groups in total. The summed E-state index contributed by atoms with van der Waals surface area (Å²) >= 11 is 0. The van der Waals surface area contributed by atoms with Crippen molar-refractivity contribution in [1.82, 2.24) is 0 Å². The maximum atomic E-state index is 11.4. The lowest BCUT2D eigenvalue weighted by atomic mass is 9.91. The maximum Gasteiger partial charge on any atom is 0.138 e. The number of carbonyl (C=O) groups is 1. The fourth-order valence-electron chi connectivity index (χ4n) is 2.21. The van der Waals surface area contributed by atoms with Crippen molar-refractivity contribution in [3.63, 3.8) is 0 Å². The highest BCUT2D eigenvalue weighted by Gasteiger charge is 2.23. The van der Waals surface area contributed by atoms with Crippen molar-refractivity contribution < 1.29 is 9.53 Å². The Morgan fingerprint density at radius 1 is 1.31 bits per heavy atom. The van der Waals surface area contributed by atoms with Gasteiger partial charge in [0.2, 0.25) is 0 Å². The molecule has 1 fully saturated rings. The molecule has 2 nitrogen and oxygen atoms in total. The fraction of sp³-hybridized carbons (Fsp3) is 0.500. The largest absolute Gasteiger partial charge is 0.373 e. The van der Waals surface area contributed by atoms with Crippen molar-refractivity contribution in [2.24, 2.45) is 0 Å². The highest BCUT2D eigenvalue weighted by atomic mass is 16.5. The molecule has 1 aromatic carbocycles. The van der Waals surface area contributed by atoms with Crippen molar-refractivity contribution in [1.29, 1.82) is 0 Å². The highest BCUT2D eigenvalue weighted by Crippen LogP contribution is 2.31. The average molecular weight is 218 g/mol. The predicted molar refractivity (Wildman–Crippen MR) is 63.5 cm³/mol.